The van der Waals surface area contributed by atoms with Gasteiger partial charge in [-0.05, 0) is 49.2 Å². The highest BCUT2D eigenvalue weighted by atomic mass is 35.5. The van der Waals surface area contributed by atoms with Crippen LogP contribution in [0.2, 0.25) is 5.02 Å². The first kappa shape index (κ1) is 17.0. The predicted octanol–water partition coefficient (Wildman–Crippen LogP) is 4.28. The molecule has 0 unspecified atom stereocenters. The van der Waals surface area contributed by atoms with Crippen LogP contribution < -0.4 is 10.2 Å². The van der Waals surface area contributed by atoms with Gasteiger partial charge in [-0.25, -0.2) is 5.43 Å². The lowest BCUT2D eigenvalue weighted by atomic mass is 10.2. The van der Waals surface area contributed by atoms with Crippen LogP contribution in [0.1, 0.15) is 36.2 Å². The van der Waals surface area contributed by atoms with Crippen LogP contribution in [0.3, 0.4) is 0 Å². The maximum atomic E-state index is 11.8. The van der Waals surface area contributed by atoms with Crippen molar-refractivity contribution in [3.05, 3.63) is 64.7 Å². The van der Waals surface area contributed by atoms with E-state index in [1.54, 1.807) is 42.6 Å². The number of nitrogens with zero attached hydrogens (tertiary/aromatic N) is 1. The summed E-state index contributed by atoms with van der Waals surface area (Å²) in [4.78, 5) is 11.8. The van der Waals surface area contributed by atoms with Gasteiger partial charge in [-0.3, -0.25) is 4.79 Å². The van der Waals surface area contributed by atoms with E-state index in [0.717, 1.165) is 12.0 Å². The summed E-state index contributed by atoms with van der Waals surface area (Å²) < 4.78 is 5.70. The molecule has 0 saturated heterocycles. The van der Waals surface area contributed by atoms with E-state index >= 15 is 0 Å². The molecular formula is C18H19ClN2O2. The first-order chi connectivity index (χ1) is 11.1. The van der Waals surface area contributed by atoms with Crippen LogP contribution in [-0.2, 0) is 0 Å². The van der Waals surface area contributed by atoms with Gasteiger partial charge in [0.2, 0.25) is 0 Å². The van der Waals surface area contributed by atoms with Crippen molar-refractivity contribution in [2.24, 2.45) is 5.10 Å². The molecule has 0 aliphatic heterocycles. The van der Waals surface area contributed by atoms with Crippen molar-refractivity contribution in [3.63, 3.8) is 0 Å². The van der Waals surface area contributed by atoms with Crippen molar-refractivity contribution < 1.29 is 9.53 Å². The minimum Gasteiger partial charge on any atom is -0.489 e. The molecule has 1 atom stereocenters. The van der Waals surface area contributed by atoms with E-state index in [9.17, 15) is 4.79 Å². The third-order valence-electron chi connectivity index (χ3n) is 3.27. The lowest BCUT2D eigenvalue weighted by Crippen LogP contribution is -2.17. The van der Waals surface area contributed by atoms with Crippen LogP contribution >= 0.6 is 11.6 Å². The smallest absolute Gasteiger partial charge is 0.271 e. The third-order valence-corrected chi connectivity index (χ3v) is 3.57. The van der Waals surface area contributed by atoms with Gasteiger partial charge in [-0.15, -0.1) is 0 Å². The third kappa shape index (κ3) is 5.11. The average molecular weight is 331 g/mol. The fourth-order valence-corrected chi connectivity index (χ4v) is 2.05. The van der Waals surface area contributed by atoms with Crippen molar-refractivity contribution in [1.29, 1.82) is 0 Å². The SMILES string of the molecule is CC[C@H](C)Oc1ccc(/C=N\NC(=O)c2ccccc2)cc1Cl. The largest absolute Gasteiger partial charge is 0.489 e. The average Bonchev–Trinajstić information content (AvgIpc) is 2.57. The lowest BCUT2D eigenvalue weighted by molar-refractivity contribution is 0.0955. The predicted molar refractivity (Wildman–Crippen MR) is 93.3 cm³/mol. The van der Waals surface area contributed by atoms with Crippen LogP contribution in [0.25, 0.3) is 0 Å². The Kier molecular flexibility index (Phi) is 6.18. The second-order valence-corrected chi connectivity index (χ2v) is 5.50. The van der Waals surface area contributed by atoms with Crippen LogP contribution in [-0.4, -0.2) is 18.2 Å². The molecule has 0 aliphatic rings. The van der Waals surface area contributed by atoms with Gasteiger partial charge >= 0.3 is 0 Å². The van der Waals surface area contributed by atoms with Crippen molar-refractivity contribution in [1.82, 2.24) is 5.43 Å². The summed E-state index contributed by atoms with van der Waals surface area (Å²) in [7, 11) is 0. The molecule has 2 aromatic carbocycles. The summed E-state index contributed by atoms with van der Waals surface area (Å²) >= 11 is 6.19. The van der Waals surface area contributed by atoms with Gasteiger partial charge in [0.25, 0.3) is 5.91 Å². The Hall–Kier alpha value is -2.33. The second-order valence-electron chi connectivity index (χ2n) is 5.09. The number of ether oxygens (including phenoxy) is 1. The molecule has 2 rings (SSSR count). The molecule has 0 bridgehead atoms. The first-order valence-electron chi connectivity index (χ1n) is 7.44. The van der Waals surface area contributed by atoms with Gasteiger partial charge in [-0.1, -0.05) is 36.7 Å². The Morgan fingerprint density at radius 3 is 2.70 bits per heavy atom. The highest BCUT2D eigenvalue weighted by molar-refractivity contribution is 6.32. The molecule has 0 saturated carbocycles. The van der Waals surface area contributed by atoms with Gasteiger partial charge in [0.15, 0.2) is 0 Å². The Morgan fingerprint density at radius 1 is 1.30 bits per heavy atom. The summed E-state index contributed by atoms with van der Waals surface area (Å²) in [6.07, 6.45) is 2.56. The second kappa shape index (κ2) is 8.34. The lowest BCUT2D eigenvalue weighted by Gasteiger charge is -2.13. The molecule has 23 heavy (non-hydrogen) atoms. The molecule has 0 radical (unpaired) electrons. The number of rotatable bonds is 6. The quantitative estimate of drug-likeness (QED) is 0.634. The van der Waals surface area contributed by atoms with Crippen molar-refractivity contribution in [2.45, 2.75) is 26.4 Å². The highest BCUT2D eigenvalue weighted by Crippen LogP contribution is 2.26. The zero-order valence-corrected chi connectivity index (χ0v) is 13.9. The minimum atomic E-state index is -0.260. The van der Waals surface area contributed by atoms with E-state index in [4.69, 9.17) is 16.3 Å². The summed E-state index contributed by atoms with van der Waals surface area (Å²) in [6, 6.07) is 14.3. The van der Waals surface area contributed by atoms with E-state index in [-0.39, 0.29) is 12.0 Å². The van der Waals surface area contributed by atoms with Crippen molar-refractivity contribution in [3.8, 4) is 5.75 Å². The maximum absolute atomic E-state index is 11.8. The molecule has 0 aromatic heterocycles. The Labute approximate surface area is 141 Å². The fourth-order valence-electron chi connectivity index (χ4n) is 1.81. The van der Waals surface area contributed by atoms with Crippen LogP contribution in [0.4, 0.5) is 0 Å². The molecule has 120 valence electrons. The topological polar surface area (TPSA) is 50.7 Å². The van der Waals surface area contributed by atoms with E-state index in [1.807, 2.05) is 19.1 Å². The molecule has 0 heterocycles. The van der Waals surface area contributed by atoms with Crippen molar-refractivity contribution in [2.75, 3.05) is 0 Å². The fraction of sp³-hybridized carbons (Fsp3) is 0.222. The Balaban J connectivity index is 1.97. The summed E-state index contributed by atoms with van der Waals surface area (Å²) in [6.45, 7) is 4.04. The highest BCUT2D eigenvalue weighted by Gasteiger charge is 2.06. The monoisotopic (exact) mass is 330 g/mol. The number of nitrogens with one attached hydrogen (secondary N) is 1. The van der Waals surface area contributed by atoms with Gasteiger partial charge in [0.1, 0.15) is 5.75 Å². The molecule has 2 aromatic rings. The number of hydrazone groups is 1. The summed E-state index contributed by atoms with van der Waals surface area (Å²) in [5.41, 5.74) is 3.81. The van der Waals surface area contributed by atoms with Crippen molar-refractivity contribution >= 4 is 23.7 Å². The summed E-state index contributed by atoms with van der Waals surface area (Å²) in [5, 5.41) is 4.46. The molecule has 0 fully saturated rings. The molecule has 1 amide bonds. The first-order valence-corrected chi connectivity index (χ1v) is 7.82. The van der Waals surface area contributed by atoms with Crippen LogP contribution in [0, 0.1) is 0 Å². The van der Waals surface area contributed by atoms with Gasteiger partial charge in [0.05, 0.1) is 17.3 Å². The minimum absolute atomic E-state index is 0.108. The zero-order valence-electron chi connectivity index (χ0n) is 13.1. The van der Waals surface area contributed by atoms with Crippen LogP contribution in [0.15, 0.2) is 53.6 Å². The molecule has 5 heteroatoms. The molecule has 0 aliphatic carbocycles. The number of benzene rings is 2. The Morgan fingerprint density at radius 2 is 2.04 bits per heavy atom. The van der Waals surface area contributed by atoms with E-state index in [2.05, 4.69) is 17.5 Å². The van der Waals surface area contributed by atoms with Gasteiger partial charge < -0.3 is 4.74 Å². The maximum Gasteiger partial charge on any atom is 0.271 e. The number of carbonyl (C=O) groups excluding carboxylic acids is 1. The number of amides is 1. The standard InChI is InChI=1S/C18H19ClN2O2/c1-3-13(2)23-17-10-9-14(11-16(17)19)12-20-21-18(22)15-7-5-4-6-8-15/h4-13H,3H2,1-2H3,(H,21,22)/b20-12-/t13-/m0/s1. The van der Waals surface area contributed by atoms with E-state index in [0.29, 0.717) is 16.3 Å². The Bertz CT molecular complexity index is 687. The van der Waals surface area contributed by atoms with Crippen LogP contribution in [0.5, 0.6) is 5.75 Å². The normalized spacial score (nSPS) is 12.1. The van der Waals surface area contributed by atoms with Gasteiger partial charge in [0, 0.05) is 5.56 Å². The molecule has 1 N–H and O–H groups in total. The zero-order chi connectivity index (χ0) is 16.7. The number of halogens is 1. The van der Waals surface area contributed by atoms with E-state index in [1.165, 1.54) is 0 Å². The molecule has 0 spiro atoms. The number of hydrogen-bond donors (Lipinski definition) is 1. The number of hydrogen-bond acceptors (Lipinski definition) is 3. The number of carbonyl (C=O) groups is 1. The summed E-state index contributed by atoms with van der Waals surface area (Å²) in [5.74, 6) is 0.385. The molecule has 4 nitrogen and oxygen atoms in total. The van der Waals surface area contributed by atoms with Gasteiger partial charge in [-0.2, -0.15) is 5.10 Å². The van der Waals surface area contributed by atoms with E-state index < -0.39 is 0 Å². The molecular weight excluding hydrogens is 312 g/mol.